The number of furan rings is 1. The van der Waals surface area contributed by atoms with Crippen LogP contribution in [0.25, 0.3) is 33.7 Å². The molecule has 3 heterocycles. The number of ether oxygens (including phenoxy) is 1. The first-order valence-electron chi connectivity index (χ1n) is 10.1. The second-order valence-corrected chi connectivity index (χ2v) is 8.89. The van der Waals surface area contributed by atoms with Crippen molar-refractivity contribution in [2.75, 3.05) is 6.61 Å². The molecular formula is C24H16BrN3O4S. The van der Waals surface area contributed by atoms with Gasteiger partial charge >= 0.3 is 5.97 Å². The molecule has 164 valence electrons. The van der Waals surface area contributed by atoms with Crippen LogP contribution in [0.1, 0.15) is 23.0 Å². The molecular weight excluding hydrogens is 506 g/mol. The smallest absolute Gasteiger partial charge is 0.338 e. The zero-order chi connectivity index (χ0) is 22.9. The number of hydrogen-bond acceptors (Lipinski definition) is 7. The molecule has 7 nitrogen and oxygen atoms in total. The van der Waals surface area contributed by atoms with Gasteiger partial charge < -0.3 is 9.15 Å². The van der Waals surface area contributed by atoms with Crippen LogP contribution in [-0.4, -0.2) is 27.2 Å². The monoisotopic (exact) mass is 521 g/mol. The molecule has 5 rings (SSSR count). The third kappa shape index (κ3) is 4.12. The Labute approximate surface area is 200 Å². The van der Waals surface area contributed by atoms with Gasteiger partial charge in [-0.15, -0.1) is 5.10 Å². The number of nitrogens with zero attached hydrogens (tertiary/aromatic N) is 3. The lowest BCUT2D eigenvalue weighted by Gasteiger charge is -2.02. The zero-order valence-electron chi connectivity index (χ0n) is 17.3. The first kappa shape index (κ1) is 21.3. The Kier molecular flexibility index (Phi) is 5.65. The van der Waals surface area contributed by atoms with Crippen molar-refractivity contribution in [2.24, 2.45) is 0 Å². The molecule has 0 aliphatic carbocycles. The third-order valence-electron chi connectivity index (χ3n) is 4.88. The molecule has 0 unspecified atom stereocenters. The fraction of sp³-hybridized carbons (Fsp3) is 0.0833. The summed E-state index contributed by atoms with van der Waals surface area (Å²) in [5.74, 6) is 1.29. The van der Waals surface area contributed by atoms with Gasteiger partial charge in [0.05, 0.1) is 12.2 Å². The highest BCUT2D eigenvalue weighted by Crippen LogP contribution is 2.26. The van der Waals surface area contributed by atoms with E-state index in [1.165, 1.54) is 15.9 Å². The second-order valence-electron chi connectivity index (χ2n) is 7.03. The molecule has 0 bridgehead atoms. The van der Waals surface area contributed by atoms with Crippen LogP contribution in [0, 0.1) is 0 Å². The van der Waals surface area contributed by atoms with Crippen molar-refractivity contribution >= 4 is 44.3 Å². The maximum atomic E-state index is 12.8. The fourth-order valence-electron chi connectivity index (χ4n) is 3.29. The molecule has 5 aromatic rings. The molecule has 9 heteroatoms. The number of hydrogen-bond donors (Lipinski definition) is 0. The molecule has 0 aliphatic heterocycles. The van der Waals surface area contributed by atoms with Gasteiger partial charge in [-0.3, -0.25) is 4.79 Å². The summed E-state index contributed by atoms with van der Waals surface area (Å²) in [7, 11) is 0. The lowest BCUT2D eigenvalue weighted by molar-refractivity contribution is 0.0526. The standard InChI is InChI=1S/C24H16BrN3O4S/c1-2-31-23(30)15-9-7-14(8-10-15)19-12-11-16(32-19)13-20-22(29)28-24(33-20)26-21(27-28)17-5-3-4-6-18(17)25/h3-13H,2H2,1H3/b20-13-. The molecule has 0 atom stereocenters. The van der Waals surface area contributed by atoms with E-state index in [1.807, 2.05) is 30.3 Å². The number of thiazole rings is 1. The van der Waals surface area contributed by atoms with Gasteiger partial charge in [0, 0.05) is 21.7 Å². The van der Waals surface area contributed by atoms with Gasteiger partial charge in [-0.05, 0) is 43.3 Å². The van der Waals surface area contributed by atoms with Crippen molar-refractivity contribution in [3.8, 4) is 22.7 Å². The lowest BCUT2D eigenvalue weighted by atomic mass is 10.1. The molecule has 0 N–H and O–H groups in total. The van der Waals surface area contributed by atoms with Crippen molar-refractivity contribution in [3.63, 3.8) is 0 Å². The van der Waals surface area contributed by atoms with Crippen LogP contribution in [0.15, 0.2) is 74.3 Å². The van der Waals surface area contributed by atoms with Gasteiger partial charge in [-0.1, -0.05) is 51.5 Å². The molecule has 0 radical (unpaired) electrons. The highest BCUT2D eigenvalue weighted by Gasteiger charge is 2.14. The Hall–Kier alpha value is -3.56. The lowest BCUT2D eigenvalue weighted by Crippen LogP contribution is -2.23. The zero-order valence-corrected chi connectivity index (χ0v) is 19.7. The first-order chi connectivity index (χ1) is 16.0. The second kappa shape index (κ2) is 8.76. The van der Waals surface area contributed by atoms with Crippen molar-refractivity contribution < 1.29 is 13.9 Å². The SMILES string of the molecule is CCOC(=O)c1ccc(-c2ccc(/C=c3\sc4nc(-c5ccccc5Br)nn4c3=O)o2)cc1. The predicted octanol–water partition coefficient (Wildman–Crippen LogP) is 4.56. The van der Waals surface area contributed by atoms with Gasteiger partial charge in [0.1, 0.15) is 16.1 Å². The Balaban J connectivity index is 1.43. The van der Waals surface area contributed by atoms with Crippen LogP contribution in [-0.2, 0) is 4.74 Å². The van der Waals surface area contributed by atoms with Crippen molar-refractivity contribution in [2.45, 2.75) is 6.92 Å². The maximum Gasteiger partial charge on any atom is 0.338 e. The van der Waals surface area contributed by atoms with Crippen LogP contribution in [0.3, 0.4) is 0 Å². The van der Waals surface area contributed by atoms with Gasteiger partial charge in [-0.2, -0.15) is 9.50 Å². The summed E-state index contributed by atoms with van der Waals surface area (Å²) in [5, 5.41) is 4.38. The molecule has 33 heavy (non-hydrogen) atoms. The van der Waals surface area contributed by atoms with Gasteiger partial charge in [-0.25, -0.2) is 4.79 Å². The maximum absolute atomic E-state index is 12.8. The van der Waals surface area contributed by atoms with Gasteiger partial charge in [0.15, 0.2) is 5.82 Å². The number of fused-ring (bicyclic) bond motifs is 1. The van der Waals surface area contributed by atoms with E-state index < -0.39 is 0 Å². The van der Waals surface area contributed by atoms with E-state index in [2.05, 4.69) is 26.0 Å². The average Bonchev–Trinajstić information content (AvgIpc) is 3.52. The van der Waals surface area contributed by atoms with Gasteiger partial charge in [0.25, 0.3) is 5.56 Å². The molecule has 0 spiro atoms. The summed E-state index contributed by atoms with van der Waals surface area (Å²) >= 11 is 4.74. The minimum atomic E-state index is -0.361. The molecule has 0 fully saturated rings. The Morgan fingerprint density at radius 3 is 2.67 bits per heavy atom. The number of esters is 1. The summed E-state index contributed by atoms with van der Waals surface area (Å²) in [4.78, 5) is 29.7. The quantitative estimate of drug-likeness (QED) is 0.315. The number of carbonyl (C=O) groups excluding carboxylic acids is 1. The van der Waals surface area contributed by atoms with Crippen LogP contribution in [0.4, 0.5) is 0 Å². The predicted molar refractivity (Wildman–Crippen MR) is 129 cm³/mol. The number of carbonyl (C=O) groups is 1. The minimum Gasteiger partial charge on any atom is -0.462 e. The van der Waals surface area contributed by atoms with E-state index >= 15 is 0 Å². The normalized spacial score (nSPS) is 11.9. The van der Waals surface area contributed by atoms with E-state index in [0.29, 0.717) is 39.0 Å². The molecule has 0 aliphatic rings. The Morgan fingerprint density at radius 1 is 1.15 bits per heavy atom. The van der Waals surface area contributed by atoms with Gasteiger partial charge in [0.2, 0.25) is 4.96 Å². The van der Waals surface area contributed by atoms with Crippen molar-refractivity contribution in [1.29, 1.82) is 0 Å². The summed E-state index contributed by atoms with van der Waals surface area (Å²) in [5.41, 5.74) is 1.86. The number of rotatable bonds is 5. The van der Waals surface area contributed by atoms with Crippen LogP contribution in [0.5, 0.6) is 0 Å². The highest BCUT2D eigenvalue weighted by molar-refractivity contribution is 9.10. The fourth-order valence-corrected chi connectivity index (χ4v) is 4.64. The average molecular weight is 522 g/mol. The molecule has 3 aromatic heterocycles. The Morgan fingerprint density at radius 2 is 1.94 bits per heavy atom. The summed E-state index contributed by atoms with van der Waals surface area (Å²) < 4.78 is 13.5. The van der Waals surface area contributed by atoms with E-state index in [0.717, 1.165) is 15.6 Å². The van der Waals surface area contributed by atoms with Crippen LogP contribution >= 0.6 is 27.3 Å². The first-order valence-corrected chi connectivity index (χ1v) is 11.7. The molecule has 0 saturated carbocycles. The van der Waals surface area contributed by atoms with E-state index in [-0.39, 0.29) is 11.5 Å². The summed E-state index contributed by atoms with van der Waals surface area (Å²) in [6.07, 6.45) is 1.68. The van der Waals surface area contributed by atoms with E-state index in [9.17, 15) is 9.59 Å². The molecule has 2 aromatic carbocycles. The number of aromatic nitrogens is 3. The Bertz CT molecular complexity index is 1580. The van der Waals surface area contributed by atoms with E-state index in [1.54, 1.807) is 43.3 Å². The summed E-state index contributed by atoms with van der Waals surface area (Å²) in [6.45, 7) is 2.09. The third-order valence-corrected chi connectivity index (χ3v) is 6.53. The van der Waals surface area contributed by atoms with Crippen molar-refractivity contribution in [3.05, 3.63) is 91.3 Å². The largest absolute Gasteiger partial charge is 0.462 e. The van der Waals surface area contributed by atoms with Crippen LogP contribution in [0.2, 0.25) is 0 Å². The molecule has 0 amide bonds. The molecule has 0 saturated heterocycles. The topological polar surface area (TPSA) is 86.7 Å². The van der Waals surface area contributed by atoms with Crippen LogP contribution < -0.4 is 10.1 Å². The van der Waals surface area contributed by atoms with Crippen molar-refractivity contribution in [1.82, 2.24) is 14.6 Å². The number of halogens is 1. The van der Waals surface area contributed by atoms with E-state index in [4.69, 9.17) is 9.15 Å². The summed E-state index contributed by atoms with van der Waals surface area (Å²) in [6, 6.07) is 18.2. The highest BCUT2D eigenvalue weighted by atomic mass is 79.9. The minimum absolute atomic E-state index is 0.252. The number of benzene rings is 2.